The van der Waals surface area contributed by atoms with Crippen molar-refractivity contribution in [2.24, 2.45) is 0 Å². The number of rotatable bonds is 3. The minimum Gasteiger partial charge on any atom is -0.454 e. The average molecular weight is 325 g/mol. The molecule has 1 unspecified atom stereocenters. The van der Waals surface area contributed by atoms with Gasteiger partial charge in [-0.3, -0.25) is 4.68 Å². The van der Waals surface area contributed by atoms with Crippen molar-refractivity contribution in [3.05, 3.63) is 40.1 Å². The van der Waals surface area contributed by atoms with E-state index in [-0.39, 0.29) is 6.79 Å². The molecule has 1 aliphatic heterocycles. The van der Waals surface area contributed by atoms with E-state index in [0.717, 1.165) is 15.7 Å². The average Bonchev–Trinajstić information content (AvgIpc) is 3.02. The van der Waals surface area contributed by atoms with Crippen LogP contribution in [0, 0.1) is 0 Å². The van der Waals surface area contributed by atoms with Crippen molar-refractivity contribution in [2.75, 3.05) is 6.79 Å². The van der Waals surface area contributed by atoms with Gasteiger partial charge in [0, 0.05) is 6.54 Å². The van der Waals surface area contributed by atoms with Crippen LogP contribution < -0.4 is 9.47 Å². The fourth-order valence-electron chi connectivity index (χ4n) is 2.14. The van der Waals surface area contributed by atoms with E-state index in [1.165, 1.54) is 0 Å². The molecule has 1 aliphatic rings. The number of aliphatic hydroxyl groups is 1. The van der Waals surface area contributed by atoms with Gasteiger partial charge in [0.25, 0.3) is 0 Å². The number of ether oxygens (including phenoxy) is 2. The Labute approximate surface area is 118 Å². The van der Waals surface area contributed by atoms with E-state index in [9.17, 15) is 5.11 Å². The summed E-state index contributed by atoms with van der Waals surface area (Å²) >= 11 is 3.42. The quantitative estimate of drug-likeness (QED) is 0.942. The van der Waals surface area contributed by atoms with Crippen molar-refractivity contribution in [3.8, 4) is 11.5 Å². The number of aliphatic hydroxyl groups excluding tert-OH is 1. The second-order valence-electron chi connectivity index (χ2n) is 4.21. The standard InChI is InChI=1S/C13H13BrN2O3/c1-2-16-12(9(14)6-15-16)13(17)8-3-4-10-11(5-8)19-7-18-10/h3-6,13,17H,2,7H2,1H3. The summed E-state index contributed by atoms with van der Waals surface area (Å²) in [5.74, 6) is 1.37. The third kappa shape index (κ3) is 2.11. The van der Waals surface area contributed by atoms with Crippen molar-refractivity contribution >= 4 is 15.9 Å². The molecule has 1 aromatic heterocycles. The van der Waals surface area contributed by atoms with E-state index >= 15 is 0 Å². The Balaban J connectivity index is 1.99. The molecule has 1 N–H and O–H groups in total. The molecule has 1 aromatic carbocycles. The molecular formula is C13H13BrN2O3. The van der Waals surface area contributed by atoms with Gasteiger partial charge in [0.15, 0.2) is 11.5 Å². The summed E-state index contributed by atoms with van der Waals surface area (Å²) in [4.78, 5) is 0. The molecule has 0 saturated carbocycles. The summed E-state index contributed by atoms with van der Waals surface area (Å²) < 4.78 is 13.1. The van der Waals surface area contributed by atoms with Crippen LogP contribution in [0.3, 0.4) is 0 Å². The van der Waals surface area contributed by atoms with Gasteiger partial charge in [0.2, 0.25) is 6.79 Å². The van der Waals surface area contributed by atoms with Crippen LogP contribution in [0.5, 0.6) is 11.5 Å². The Bertz CT molecular complexity index is 612. The van der Waals surface area contributed by atoms with Crippen LogP contribution in [0.25, 0.3) is 0 Å². The maximum Gasteiger partial charge on any atom is 0.231 e. The zero-order chi connectivity index (χ0) is 13.4. The summed E-state index contributed by atoms with van der Waals surface area (Å²) in [6, 6.07) is 5.44. The van der Waals surface area contributed by atoms with Crippen LogP contribution in [0.2, 0.25) is 0 Å². The molecule has 1 atom stereocenters. The summed E-state index contributed by atoms with van der Waals surface area (Å²) in [6.45, 7) is 2.91. The minimum absolute atomic E-state index is 0.228. The lowest BCUT2D eigenvalue weighted by Crippen LogP contribution is -2.09. The zero-order valence-electron chi connectivity index (χ0n) is 10.3. The molecule has 100 valence electrons. The largest absolute Gasteiger partial charge is 0.454 e. The molecule has 0 saturated heterocycles. The second kappa shape index (κ2) is 4.86. The molecule has 6 heteroatoms. The first kappa shape index (κ1) is 12.5. The molecule has 3 rings (SSSR count). The Kier molecular flexibility index (Phi) is 3.20. The number of aromatic nitrogens is 2. The number of hydrogen-bond acceptors (Lipinski definition) is 4. The summed E-state index contributed by atoms with van der Waals surface area (Å²) in [5.41, 5.74) is 1.49. The SMILES string of the molecule is CCn1ncc(Br)c1C(O)c1ccc2c(c1)OCO2. The number of halogens is 1. The van der Waals surface area contributed by atoms with E-state index < -0.39 is 6.10 Å². The lowest BCUT2D eigenvalue weighted by molar-refractivity contribution is 0.173. The van der Waals surface area contributed by atoms with Gasteiger partial charge in [0.05, 0.1) is 16.4 Å². The fraction of sp³-hybridized carbons (Fsp3) is 0.308. The van der Waals surface area contributed by atoms with Crippen molar-refractivity contribution in [3.63, 3.8) is 0 Å². The Morgan fingerprint density at radius 1 is 1.42 bits per heavy atom. The van der Waals surface area contributed by atoms with E-state index in [0.29, 0.717) is 18.0 Å². The van der Waals surface area contributed by atoms with Crippen LogP contribution in [0.1, 0.15) is 24.3 Å². The lowest BCUT2D eigenvalue weighted by Gasteiger charge is -2.14. The van der Waals surface area contributed by atoms with E-state index in [1.807, 2.05) is 13.0 Å². The first-order valence-corrected chi connectivity index (χ1v) is 6.78. The van der Waals surface area contributed by atoms with Gasteiger partial charge in [-0.25, -0.2) is 0 Å². The monoisotopic (exact) mass is 324 g/mol. The number of fused-ring (bicyclic) bond motifs is 1. The number of hydrogen-bond donors (Lipinski definition) is 1. The highest BCUT2D eigenvalue weighted by molar-refractivity contribution is 9.10. The smallest absolute Gasteiger partial charge is 0.231 e. The molecule has 19 heavy (non-hydrogen) atoms. The summed E-state index contributed by atoms with van der Waals surface area (Å²) in [6.07, 6.45) is 0.931. The van der Waals surface area contributed by atoms with Crippen LogP contribution in [-0.4, -0.2) is 21.7 Å². The molecule has 2 heterocycles. The first-order chi connectivity index (χ1) is 9.20. The van der Waals surface area contributed by atoms with E-state index in [1.54, 1.807) is 23.0 Å². The van der Waals surface area contributed by atoms with Gasteiger partial charge in [-0.2, -0.15) is 5.10 Å². The molecule has 0 bridgehead atoms. The van der Waals surface area contributed by atoms with Gasteiger partial charge in [-0.05, 0) is 40.5 Å². The zero-order valence-corrected chi connectivity index (χ0v) is 11.9. The van der Waals surface area contributed by atoms with Gasteiger partial charge in [-0.15, -0.1) is 0 Å². The van der Waals surface area contributed by atoms with Gasteiger partial charge < -0.3 is 14.6 Å². The minimum atomic E-state index is -0.758. The van der Waals surface area contributed by atoms with Crippen LogP contribution >= 0.6 is 15.9 Å². The lowest BCUT2D eigenvalue weighted by atomic mass is 10.1. The first-order valence-electron chi connectivity index (χ1n) is 5.99. The second-order valence-corrected chi connectivity index (χ2v) is 5.06. The number of aryl methyl sites for hydroxylation is 1. The Morgan fingerprint density at radius 2 is 2.21 bits per heavy atom. The normalized spacial score (nSPS) is 14.7. The Hall–Kier alpha value is -1.53. The predicted molar refractivity (Wildman–Crippen MR) is 72.2 cm³/mol. The van der Waals surface area contributed by atoms with Gasteiger partial charge in [0.1, 0.15) is 6.10 Å². The molecule has 0 spiro atoms. The van der Waals surface area contributed by atoms with Gasteiger partial charge >= 0.3 is 0 Å². The van der Waals surface area contributed by atoms with Crippen molar-refractivity contribution < 1.29 is 14.6 Å². The van der Waals surface area contributed by atoms with Crippen LogP contribution in [0.15, 0.2) is 28.9 Å². The van der Waals surface area contributed by atoms with Crippen LogP contribution in [0.4, 0.5) is 0 Å². The van der Waals surface area contributed by atoms with Gasteiger partial charge in [-0.1, -0.05) is 6.07 Å². The fourth-order valence-corrected chi connectivity index (χ4v) is 2.65. The van der Waals surface area contributed by atoms with Crippen molar-refractivity contribution in [1.29, 1.82) is 0 Å². The molecule has 5 nitrogen and oxygen atoms in total. The highest BCUT2D eigenvalue weighted by Crippen LogP contribution is 2.36. The summed E-state index contributed by atoms with van der Waals surface area (Å²) in [7, 11) is 0. The number of nitrogens with zero attached hydrogens (tertiary/aromatic N) is 2. The van der Waals surface area contributed by atoms with E-state index in [2.05, 4.69) is 21.0 Å². The molecule has 0 fully saturated rings. The molecule has 0 radical (unpaired) electrons. The summed E-state index contributed by atoms with van der Waals surface area (Å²) in [5, 5.41) is 14.7. The van der Waals surface area contributed by atoms with Crippen molar-refractivity contribution in [1.82, 2.24) is 9.78 Å². The molecule has 0 aliphatic carbocycles. The van der Waals surface area contributed by atoms with E-state index in [4.69, 9.17) is 9.47 Å². The topological polar surface area (TPSA) is 56.5 Å². The highest BCUT2D eigenvalue weighted by Gasteiger charge is 2.22. The molecule has 2 aromatic rings. The van der Waals surface area contributed by atoms with Crippen LogP contribution in [-0.2, 0) is 6.54 Å². The Morgan fingerprint density at radius 3 is 3.00 bits per heavy atom. The predicted octanol–water partition coefficient (Wildman–Crippen LogP) is 2.48. The molecule has 0 amide bonds. The maximum absolute atomic E-state index is 10.5. The third-order valence-corrected chi connectivity index (χ3v) is 3.72. The molecular weight excluding hydrogens is 312 g/mol. The highest BCUT2D eigenvalue weighted by atomic mass is 79.9. The maximum atomic E-state index is 10.5. The third-order valence-electron chi connectivity index (χ3n) is 3.10. The number of benzene rings is 1. The van der Waals surface area contributed by atoms with Crippen molar-refractivity contribution in [2.45, 2.75) is 19.6 Å².